The van der Waals surface area contributed by atoms with Crippen LogP contribution in [0.5, 0.6) is 0 Å². The van der Waals surface area contributed by atoms with Crippen LogP contribution in [0.1, 0.15) is 59.3 Å². The molecular weight excluding hydrogens is 512 g/mol. The first-order valence-electron chi connectivity index (χ1n) is 13.7. The Bertz CT molecular complexity index is 1220. The van der Waals surface area contributed by atoms with Crippen LogP contribution >= 0.6 is 11.6 Å². The third kappa shape index (κ3) is 7.07. The molecule has 0 saturated carbocycles. The highest BCUT2D eigenvalue weighted by atomic mass is 35.5. The molecule has 1 aliphatic heterocycles. The summed E-state index contributed by atoms with van der Waals surface area (Å²) in [5.74, 6) is -0.0555. The summed E-state index contributed by atoms with van der Waals surface area (Å²) in [4.78, 5) is 14.8. The number of methoxy groups -OCH3 is 1. The van der Waals surface area contributed by atoms with Crippen molar-refractivity contribution in [2.75, 3.05) is 26.8 Å². The van der Waals surface area contributed by atoms with Crippen molar-refractivity contribution in [3.05, 3.63) is 94.0 Å². The molecular formula is C32H39ClN2O4. The lowest BCUT2D eigenvalue weighted by Gasteiger charge is -2.35. The van der Waals surface area contributed by atoms with E-state index in [-0.39, 0.29) is 12.0 Å². The van der Waals surface area contributed by atoms with Crippen LogP contribution in [0.15, 0.2) is 66.7 Å². The number of nitrogens with zero attached hydrogens (tertiary/aromatic N) is 1. The minimum atomic E-state index is -0.684. The highest BCUT2D eigenvalue weighted by Crippen LogP contribution is 2.40. The molecule has 1 saturated heterocycles. The predicted molar refractivity (Wildman–Crippen MR) is 156 cm³/mol. The molecule has 0 aromatic heterocycles. The SMILES string of the molecule is CCc1ccc(Cl)c(-c2ccccc2)c1C(CCCC(O)C1CN(C(=O)c2ccc(CN)cc2)CCO1)OC. The van der Waals surface area contributed by atoms with Crippen molar-refractivity contribution in [3.8, 4) is 11.1 Å². The summed E-state index contributed by atoms with van der Waals surface area (Å²) in [5.41, 5.74) is 11.7. The number of hydrogen-bond donors (Lipinski definition) is 2. The summed E-state index contributed by atoms with van der Waals surface area (Å²) in [6, 6.07) is 21.6. The molecule has 7 heteroatoms. The zero-order valence-corrected chi connectivity index (χ0v) is 23.6. The van der Waals surface area contributed by atoms with Gasteiger partial charge in [-0.05, 0) is 66.1 Å². The van der Waals surface area contributed by atoms with Gasteiger partial charge < -0.3 is 25.2 Å². The van der Waals surface area contributed by atoms with Crippen LogP contribution in [0.3, 0.4) is 0 Å². The van der Waals surface area contributed by atoms with Crippen LogP contribution in [-0.4, -0.2) is 54.9 Å². The van der Waals surface area contributed by atoms with Crippen molar-refractivity contribution in [3.63, 3.8) is 0 Å². The third-order valence-corrected chi connectivity index (χ3v) is 7.86. The van der Waals surface area contributed by atoms with E-state index in [0.717, 1.165) is 41.5 Å². The third-order valence-electron chi connectivity index (χ3n) is 7.55. The first-order chi connectivity index (χ1) is 19.0. The van der Waals surface area contributed by atoms with Gasteiger partial charge in [-0.1, -0.05) is 67.1 Å². The Morgan fingerprint density at radius 1 is 1.13 bits per heavy atom. The summed E-state index contributed by atoms with van der Waals surface area (Å²) in [5, 5.41) is 11.7. The number of aliphatic hydroxyl groups is 1. The summed E-state index contributed by atoms with van der Waals surface area (Å²) in [7, 11) is 1.73. The number of aryl methyl sites for hydroxylation is 1. The first kappa shape index (κ1) is 29.2. The second-order valence-corrected chi connectivity index (χ2v) is 10.4. The van der Waals surface area contributed by atoms with Gasteiger partial charge in [0, 0.05) is 42.9 Å². The minimum Gasteiger partial charge on any atom is -0.390 e. The van der Waals surface area contributed by atoms with Crippen molar-refractivity contribution in [1.29, 1.82) is 0 Å². The van der Waals surface area contributed by atoms with E-state index >= 15 is 0 Å². The summed E-state index contributed by atoms with van der Waals surface area (Å²) >= 11 is 6.73. The molecule has 3 atom stereocenters. The van der Waals surface area contributed by atoms with Crippen molar-refractivity contribution < 1.29 is 19.4 Å². The number of aliphatic hydroxyl groups excluding tert-OH is 1. The highest BCUT2D eigenvalue weighted by Gasteiger charge is 2.30. The largest absolute Gasteiger partial charge is 0.390 e. The van der Waals surface area contributed by atoms with E-state index in [1.165, 1.54) is 5.56 Å². The Hall–Kier alpha value is -2.74. The van der Waals surface area contributed by atoms with E-state index in [4.69, 9.17) is 26.8 Å². The number of benzene rings is 3. The second kappa shape index (κ2) is 14.1. The van der Waals surface area contributed by atoms with Crippen molar-refractivity contribution in [1.82, 2.24) is 4.90 Å². The van der Waals surface area contributed by atoms with Gasteiger partial charge >= 0.3 is 0 Å². The molecule has 1 heterocycles. The molecule has 3 aromatic rings. The zero-order valence-electron chi connectivity index (χ0n) is 22.8. The van der Waals surface area contributed by atoms with Crippen LogP contribution in [0.4, 0.5) is 0 Å². The van der Waals surface area contributed by atoms with E-state index in [9.17, 15) is 9.90 Å². The molecule has 1 aliphatic rings. The van der Waals surface area contributed by atoms with Crippen molar-refractivity contribution in [2.24, 2.45) is 5.73 Å². The molecule has 208 valence electrons. The molecule has 1 fully saturated rings. The Kier molecular flexibility index (Phi) is 10.5. The van der Waals surface area contributed by atoms with E-state index in [1.54, 1.807) is 24.1 Å². The molecule has 1 amide bonds. The van der Waals surface area contributed by atoms with Crippen LogP contribution in [-0.2, 0) is 22.4 Å². The molecule has 0 spiro atoms. The van der Waals surface area contributed by atoms with Crippen LogP contribution in [0, 0.1) is 0 Å². The number of carbonyl (C=O) groups excluding carboxylic acids is 1. The van der Waals surface area contributed by atoms with E-state index in [2.05, 4.69) is 25.1 Å². The normalized spacial score (nSPS) is 17.2. The van der Waals surface area contributed by atoms with E-state index < -0.39 is 12.2 Å². The monoisotopic (exact) mass is 550 g/mol. The van der Waals surface area contributed by atoms with Gasteiger partial charge in [-0.3, -0.25) is 4.79 Å². The summed E-state index contributed by atoms with van der Waals surface area (Å²) in [6.07, 6.45) is 1.59. The Morgan fingerprint density at radius 2 is 1.87 bits per heavy atom. The van der Waals surface area contributed by atoms with Gasteiger partial charge in [0.15, 0.2) is 0 Å². The Morgan fingerprint density at radius 3 is 2.54 bits per heavy atom. The molecule has 4 rings (SSSR count). The lowest BCUT2D eigenvalue weighted by Crippen LogP contribution is -2.49. The van der Waals surface area contributed by atoms with Gasteiger partial charge in [-0.2, -0.15) is 0 Å². The average Bonchev–Trinajstić information content (AvgIpc) is 2.99. The lowest BCUT2D eigenvalue weighted by molar-refractivity contribution is -0.0836. The van der Waals surface area contributed by atoms with Crippen LogP contribution in [0.25, 0.3) is 11.1 Å². The smallest absolute Gasteiger partial charge is 0.254 e. The molecule has 0 aliphatic carbocycles. The number of hydrogen-bond acceptors (Lipinski definition) is 5. The van der Waals surface area contributed by atoms with Gasteiger partial charge in [-0.15, -0.1) is 0 Å². The molecule has 3 unspecified atom stereocenters. The fourth-order valence-electron chi connectivity index (χ4n) is 5.35. The van der Waals surface area contributed by atoms with E-state index in [0.29, 0.717) is 43.2 Å². The number of rotatable bonds is 11. The Balaban J connectivity index is 1.40. The topological polar surface area (TPSA) is 85.0 Å². The number of halogens is 1. The molecule has 0 bridgehead atoms. The summed E-state index contributed by atoms with van der Waals surface area (Å²) in [6.45, 7) is 3.84. The van der Waals surface area contributed by atoms with Gasteiger partial charge in [0.25, 0.3) is 5.91 Å². The lowest BCUT2D eigenvalue weighted by atomic mass is 9.88. The highest BCUT2D eigenvalue weighted by molar-refractivity contribution is 6.33. The number of nitrogens with two attached hydrogens (primary N) is 1. The standard InChI is InChI=1S/C32H39ClN2O4/c1-3-23-16-17-26(33)30(24-8-5-4-6-9-24)31(23)28(38-2)11-7-10-27(36)29-21-35(18-19-39-29)32(37)25-14-12-22(20-34)13-15-25/h4-6,8-9,12-17,27-29,36H,3,7,10-11,18-21,34H2,1-2H3. The molecule has 3 N–H and O–H groups in total. The minimum absolute atomic E-state index is 0.0555. The number of ether oxygens (including phenoxy) is 2. The van der Waals surface area contributed by atoms with Crippen LogP contribution < -0.4 is 5.73 Å². The fraction of sp³-hybridized carbons (Fsp3) is 0.406. The average molecular weight is 551 g/mol. The molecule has 39 heavy (non-hydrogen) atoms. The quantitative estimate of drug-likeness (QED) is 0.316. The number of amides is 1. The van der Waals surface area contributed by atoms with Gasteiger partial charge in [0.2, 0.25) is 0 Å². The predicted octanol–water partition coefficient (Wildman–Crippen LogP) is 5.79. The fourth-order valence-corrected chi connectivity index (χ4v) is 5.62. The number of carbonyl (C=O) groups is 1. The van der Waals surface area contributed by atoms with Crippen LogP contribution in [0.2, 0.25) is 5.02 Å². The van der Waals surface area contributed by atoms with Gasteiger partial charge in [0.1, 0.15) is 6.10 Å². The maximum atomic E-state index is 13.0. The number of morpholine rings is 1. The van der Waals surface area contributed by atoms with Crippen molar-refractivity contribution >= 4 is 17.5 Å². The van der Waals surface area contributed by atoms with Gasteiger partial charge in [0.05, 0.1) is 18.8 Å². The van der Waals surface area contributed by atoms with E-state index in [1.807, 2.05) is 36.4 Å². The maximum Gasteiger partial charge on any atom is 0.254 e. The zero-order chi connectivity index (χ0) is 27.8. The second-order valence-electron chi connectivity index (χ2n) is 10.00. The summed E-state index contributed by atoms with van der Waals surface area (Å²) < 4.78 is 11.9. The Labute approximate surface area is 236 Å². The molecule has 6 nitrogen and oxygen atoms in total. The first-order valence-corrected chi connectivity index (χ1v) is 14.1. The molecule has 0 radical (unpaired) electrons. The maximum absolute atomic E-state index is 13.0. The molecule has 3 aromatic carbocycles. The van der Waals surface area contributed by atoms with Gasteiger partial charge in [-0.25, -0.2) is 0 Å². The van der Waals surface area contributed by atoms with Crippen molar-refractivity contribution in [2.45, 2.75) is 57.5 Å².